The third-order valence-corrected chi connectivity index (χ3v) is 6.59. The van der Waals surface area contributed by atoms with E-state index in [1.807, 2.05) is 14.1 Å². The lowest BCUT2D eigenvalue weighted by Gasteiger charge is -2.38. The maximum Gasteiger partial charge on any atom is 0.328 e. The van der Waals surface area contributed by atoms with Crippen LogP contribution in [0.5, 0.6) is 0 Å². The van der Waals surface area contributed by atoms with Gasteiger partial charge in [-0.15, -0.1) is 0 Å². The summed E-state index contributed by atoms with van der Waals surface area (Å²) >= 11 is 0. The molecule has 0 N–H and O–H groups in total. The van der Waals surface area contributed by atoms with Gasteiger partial charge in [-0.1, -0.05) is 48.5 Å². The molecule has 0 aromatic heterocycles. The molecule has 30 heavy (non-hydrogen) atoms. The zero-order valence-electron chi connectivity index (χ0n) is 17.8. The molecule has 0 amide bonds. The van der Waals surface area contributed by atoms with Gasteiger partial charge in [0.1, 0.15) is 6.54 Å². The van der Waals surface area contributed by atoms with Gasteiger partial charge in [-0.05, 0) is 60.0 Å². The first-order valence-electron chi connectivity index (χ1n) is 10.3. The van der Waals surface area contributed by atoms with Gasteiger partial charge in [-0.25, -0.2) is 0 Å². The lowest BCUT2D eigenvalue weighted by atomic mass is 9.75. The SMILES string of the molecule is CN(C)c1ccc(C=CC23OC(=O)CN2c2ccc4ccccc4c2C3(C)C)cc1. The van der Waals surface area contributed by atoms with Crippen molar-refractivity contribution < 1.29 is 9.53 Å². The predicted molar refractivity (Wildman–Crippen MR) is 123 cm³/mol. The van der Waals surface area contributed by atoms with E-state index in [-0.39, 0.29) is 12.5 Å². The molecule has 0 bridgehead atoms. The van der Waals surface area contributed by atoms with Crippen molar-refractivity contribution in [3.8, 4) is 0 Å². The van der Waals surface area contributed by atoms with Crippen LogP contribution < -0.4 is 9.80 Å². The summed E-state index contributed by atoms with van der Waals surface area (Å²) in [5, 5.41) is 2.42. The standard InChI is InChI=1S/C26H26N2O2/c1-25(2)24-21-8-6-5-7-19(21)11-14-22(24)28-17-23(29)30-26(25,28)16-15-18-9-12-20(13-10-18)27(3)4/h5-16H,17H2,1-4H3. The van der Waals surface area contributed by atoms with E-state index < -0.39 is 11.1 Å². The first-order valence-corrected chi connectivity index (χ1v) is 10.3. The predicted octanol–water partition coefficient (Wildman–Crippen LogP) is 4.97. The number of rotatable bonds is 3. The van der Waals surface area contributed by atoms with E-state index >= 15 is 0 Å². The molecule has 5 rings (SSSR count). The minimum atomic E-state index is -0.837. The quantitative estimate of drug-likeness (QED) is 0.583. The average molecular weight is 399 g/mol. The second-order valence-corrected chi connectivity index (χ2v) is 8.88. The molecule has 1 atom stereocenters. The van der Waals surface area contributed by atoms with Crippen molar-refractivity contribution in [1.29, 1.82) is 0 Å². The number of fused-ring (bicyclic) bond motifs is 5. The fourth-order valence-corrected chi connectivity index (χ4v) is 4.98. The molecule has 2 aliphatic rings. The van der Waals surface area contributed by atoms with Crippen LogP contribution in [0.4, 0.5) is 11.4 Å². The number of nitrogens with zero attached hydrogens (tertiary/aromatic N) is 2. The number of carbonyl (C=O) groups excluding carboxylic acids is 1. The van der Waals surface area contributed by atoms with Gasteiger partial charge in [-0.3, -0.25) is 4.79 Å². The maximum atomic E-state index is 12.5. The van der Waals surface area contributed by atoms with E-state index in [0.717, 1.165) is 16.9 Å². The van der Waals surface area contributed by atoms with E-state index in [0.29, 0.717) is 0 Å². The minimum absolute atomic E-state index is 0.186. The second kappa shape index (κ2) is 6.36. The highest BCUT2D eigenvalue weighted by Gasteiger charge is 2.62. The van der Waals surface area contributed by atoms with Gasteiger partial charge in [-0.2, -0.15) is 0 Å². The molecule has 1 unspecified atom stereocenters. The van der Waals surface area contributed by atoms with Crippen molar-refractivity contribution in [2.45, 2.75) is 25.0 Å². The van der Waals surface area contributed by atoms with Crippen molar-refractivity contribution in [2.75, 3.05) is 30.4 Å². The van der Waals surface area contributed by atoms with E-state index in [1.54, 1.807) is 0 Å². The summed E-state index contributed by atoms with van der Waals surface area (Å²) in [6, 6.07) is 21.1. The third-order valence-electron chi connectivity index (χ3n) is 6.59. The van der Waals surface area contributed by atoms with Gasteiger partial charge >= 0.3 is 5.97 Å². The summed E-state index contributed by atoms with van der Waals surface area (Å²) in [4.78, 5) is 16.7. The van der Waals surface area contributed by atoms with Crippen molar-refractivity contribution in [1.82, 2.24) is 0 Å². The first kappa shape index (κ1) is 18.7. The topological polar surface area (TPSA) is 32.8 Å². The Balaban J connectivity index is 1.64. The number of hydrogen-bond donors (Lipinski definition) is 0. The smallest absolute Gasteiger partial charge is 0.328 e. The zero-order valence-corrected chi connectivity index (χ0v) is 17.8. The van der Waals surface area contributed by atoms with Crippen molar-refractivity contribution in [3.63, 3.8) is 0 Å². The Hall–Kier alpha value is -3.27. The monoisotopic (exact) mass is 398 g/mol. The minimum Gasteiger partial charge on any atom is -0.433 e. The van der Waals surface area contributed by atoms with E-state index in [4.69, 9.17) is 4.74 Å². The zero-order chi connectivity index (χ0) is 21.1. The van der Waals surface area contributed by atoms with Crippen LogP contribution in [-0.4, -0.2) is 32.3 Å². The molecule has 1 saturated heterocycles. The molecule has 4 heteroatoms. The Bertz CT molecular complexity index is 1180. The number of ether oxygens (including phenoxy) is 1. The lowest BCUT2D eigenvalue weighted by molar-refractivity contribution is -0.147. The fourth-order valence-electron chi connectivity index (χ4n) is 4.98. The first-order chi connectivity index (χ1) is 14.3. The van der Waals surface area contributed by atoms with Crippen LogP contribution in [0.3, 0.4) is 0 Å². The van der Waals surface area contributed by atoms with Gasteiger partial charge in [0.05, 0.1) is 5.41 Å². The Morgan fingerprint density at radius 1 is 1.00 bits per heavy atom. The van der Waals surface area contributed by atoms with Crippen molar-refractivity contribution in [3.05, 3.63) is 77.9 Å². The highest BCUT2D eigenvalue weighted by Crippen LogP contribution is 2.57. The average Bonchev–Trinajstić information content (AvgIpc) is 3.17. The highest BCUT2D eigenvalue weighted by molar-refractivity contribution is 5.97. The van der Waals surface area contributed by atoms with E-state index in [2.05, 4.69) is 96.5 Å². The van der Waals surface area contributed by atoms with Crippen molar-refractivity contribution in [2.24, 2.45) is 0 Å². The van der Waals surface area contributed by atoms with Gasteiger partial charge in [0.2, 0.25) is 5.72 Å². The number of esters is 1. The van der Waals surface area contributed by atoms with Gasteiger partial charge in [0, 0.05) is 25.5 Å². The number of anilines is 2. The molecule has 0 aliphatic carbocycles. The normalized spacial score (nSPS) is 21.7. The summed E-state index contributed by atoms with van der Waals surface area (Å²) in [5.41, 5.74) is 3.30. The highest BCUT2D eigenvalue weighted by atomic mass is 16.6. The molecule has 3 aromatic rings. The fraction of sp³-hybridized carbons (Fsp3) is 0.269. The van der Waals surface area contributed by atoms with Crippen LogP contribution in [0.25, 0.3) is 16.8 Å². The molecule has 4 nitrogen and oxygen atoms in total. The van der Waals surface area contributed by atoms with Crippen molar-refractivity contribution >= 4 is 34.2 Å². The molecule has 0 saturated carbocycles. The molecule has 0 spiro atoms. The van der Waals surface area contributed by atoms with Crippen LogP contribution in [-0.2, 0) is 14.9 Å². The van der Waals surface area contributed by atoms with Gasteiger partial charge < -0.3 is 14.5 Å². The van der Waals surface area contributed by atoms with Crippen LogP contribution in [0.2, 0.25) is 0 Å². The molecule has 2 aliphatic heterocycles. The van der Waals surface area contributed by atoms with Crippen LogP contribution in [0, 0.1) is 0 Å². The van der Waals surface area contributed by atoms with E-state index in [9.17, 15) is 4.79 Å². The Morgan fingerprint density at radius 3 is 2.47 bits per heavy atom. The summed E-state index contributed by atoms with van der Waals surface area (Å²) in [7, 11) is 4.06. The summed E-state index contributed by atoms with van der Waals surface area (Å²) in [5.74, 6) is -0.186. The van der Waals surface area contributed by atoms with Crippen LogP contribution in [0.1, 0.15) is 25.0 Å². The molecular weight excluding hydrogens is 372 g/mol. The summed E-state index contributed by atoms with van der Waals surface area (Å²) in [6.45, 7) is 4.62. The number of benzene rings is 3. The van der Waals surface area contributed by atoms with Gasteiger partial charge in [0.15, 0.2) is 0 Å². The molecule has 2 heterocycles. The molecule has 0 radical (unpaired) electrons. The second-order valence-electron chi connectivity index (χ2n) is 8.88. The van der Waals surface area contributed by atoms with Gasteiger partial charge in [0.25, 0.3) is 0 Å². The molecule has 152 valence electrons. The maximum absolute atomic E-state index is 12.5. The number of carbonyl (C=O) groups is 1. The molecule has 1 fully saturated rings. The lowest BCUT2D eigenvalue weighted by Crippen LogP contribution is -2.51. The van der Waals surface area contributed by atoms with Crippen LogP contribution >= 0.6 is 0 Å². The van der Waals surface area contributed by atoms with Crippen LogP contribution in [0.15, 0.2) is 66.7 Å². The Kier molecular flexibility index (Phi) is 3.97. The number of hydrogen-bond acceptors (Lipinski definition) is 4. The Labute approximate surface area is 177 Å². The van der Waals surface area contributed by atoms with E-state index in [1.165, 1.54) is 16.3 Å². The largest absolute Gasteiger partial charge is 0.433 e. The Morgan fingerprint density at radius 2 is 1.73 bits per heavy atom. The molecular formula is C26H26N2O2. The third kappa shape index (κ3) is 2.49. The summed E-state index contributed by atoms with van der Waals surface area (Å²) in [6.07, 6.45) is 4.14. The molecule has 3 aromatic carbocycles. The summed E-state index contributed by atoms with van der Waals surface area (Å²) < 4.78 is 6.10.